The van der Waals surface area contributed by atoms with Gasteiger partial charge in [-0.2, -0.15) is 9.61 Å². The summed E-state index contributed by atoms with van der Waals surface area (Å²) in [5, 5.41) is 21.0. The highest BCUT2D eigenvalue weighted by molar-refractivity contribution is 6.29. The first kappa shape index (κ1) is 11.8. The number of hydrogen-bond donors (Lipinski definition) is 1. The van der Waals surface area contributed by atoms with Gasteiger partial charge in [-0.05, 0) is 18.1 Å². The molecule has 0 amide bonds. The van der Waals surface area contributed by atoms with Crippen LogP contribution in [0.5, 0.6) is 0 Å². The smallest absolute Gasteiger partial charge is 0.303 e. The van der Waals surface area contributed by atoms with Crippen molar-refractivity contribution in [3.05, 3.63) is 23.1 Å². The van der Waals surface area contributed by atoms with Crippen molar-refractivity contribution in [2.45, 2.75) is 19.8 Å². The minimum absolute atomic E-state index is 0.0271. The van der Waals surface area contributed by atoms with Gasteiger partial charge in [-0.3, -0.25) is 4.79 Å². The van der Waals surface area contributed by atoms with Crippen LogP contribution in [-0.2, 0) is 11.2 Å². The number of fused-ring (bicyclic) bond motifs is 1. The molecule has 1 N–H and O–H groups in total. The maximum Gasteiger partial charge on any atom is 0.303 e. The lowest BCUT2D eigenvalue weighted by Gasteiger charge is -2.06. The Labute approximate surface area is 102 Å². The fraction of sp³-hybridized carbons (Fsp3) is 0.400. The number of carboxylic acid groups (broad SMARTS) is 1. The number of hydrogen-bond acceptors (Lipinski definition) is 4. The summed E-state index contributed by atoms with van der Waals surface area (Å²) >= 11 is 5.79. The summed E-state index contributed by atoms with van der Waals surface area (Å²) in [4.78, 5) is 10.6. The molecule has 6 nitrogen and oxygen atoms in total. The lowest BCUT2D eigenvalue weighted by atomic mass is 10.0. The molecule has 2 heterocycles. The molecule has 0 spiro atoms. The highest BCUT2D eigenvalue weighted by Gasteiger charge is 2.13. The van der Waals surface area contributed by atoms with Crippen molar-refractivity contribution in [1.82, 2.24) is 19.8 Å². The number of aliphatic carboxylic acids is 1. The van der Waals surface area contributed by atoms with Gasteiger partial charge in [-0.25, -0.2) is 0 Å². The van der Waals surface area contributed by atoms with Gasteiger partial charge in [-0.15, -0.1) is 10.2 Å². The standard InChI is InChI=1S/C10H11ClN4O2/c1-6(5-10(16)17)4-9-13-12-8-3-2-7(11)14-15(8)9/h2-3,6H,4-5H2,1H3,(H,16,17). The molecule has 2 aromatic heterocycles. The van der Waals surface area contributed by atoms with E-state index in [-0.39, 0.29) is 12.3 Å². The molecule has 17 heavy (non-hydrogen) atoms. The lowest BCUT2D eigenvalue weighted by Crippen LogP contribution is -2.10. The Morgan fingerprint density at radius 3 is 3.00 bits per heavy atom. The van der Waals surface area contributed by atoms with Crippen molar-refractivity contribution < 1.29 is 9.90 Å². The zero-order chi connectivity index (χ0) is 12.4. The van der Waals surface area contributed by atoms with Crippen molar-refractivity contribution in [3.8, 4) is 0 Å². The monoisotopic (exact) mass is 254 g/mol. The second-order valence-corrected chi connectivity index (χ2v) is 4.34. The minimum atomic E-state index is -0.822. The zero-order valence-corrected chi connectivity index (χ0v) is 9.92. The summed E-state index contributed by atoms with van der Waals surface area (Å²) in [7, 11) is 0. The van der Waals surface area contributed by atoms with E-state index in [0.717, 1.165) is 0 Å². The normalized spacial score (nSPS) is 12.8. The number of carbonyl (C=O) groups is 1. The van der Waals surface area contributed by atoms with Crippen molar-refractivity contribution in [2.75, 3.05) is 0 Å². The van der Waals surface area contributed by atoms with Gasteiger partial charge < -0.3 is 5.11 Å². The van der Waals surface area contributed by atoms with Crippen LogP contribution in [0.15, 0.2) is 12.1 Å². The Kier molecular flexibility index (Phi) is 3.23. The van der Waals surface area contributed by atoms with Crippen LogP contribution >= 0.6 is 11.6 Å². The van der Waals surface area contributed by atoms with E-state index in [1.165, 1.54) is 0 Å². The highest BCUT2D eigenvalue weighted by atomic mass is 35.5. The van der Waals surface area contributed by atoms with Crippen molar-refractivity contribution in [3.63, 3.8) is 0 Å². The number of aromatic nitrogens is 4. The van der Waals surface area contributed by atoms with Crippen LogP contribution in [-0.4, -0.2) is 30.9 Å². The molecule has 0 fully saturated rings. The Morgan fingerprint density at radius 2 is 2.29 bits per heavy atom. The predicted molar refractivity (Wildman–Crippen MR) is 60.9 cm³/mol. The molecule has 0 radical (unpaired) electrons. The van der Waals surface area contributed by atoms with E-state index in [1.54, 1.807) is 16.6 Å². The van der Waals surface area contributed by atoms with E-state index in [2.05, 4.69) is 15.3 Å². The average Bonchev–Trinajstić information content (AvgIpc) is 2.60. The molecular weight excluding hydrogens is 244 g/mol. The van der Waals surface area contributed by atoms with Gasteiger partial charge in [0.2, 0.25) is 0 Å². The predicted octanol–water partition coefficient (Wildman–Crippen LogP) is 1.43. The molecule has 7 heteroatoms. The van der Waals surface area contributed by atoms with Gasteiger partial charge in [0, 0.05) is 12.8 Å². The van der Waals surface area contributed by atoms with Crippen LogP contribution in [0.3, 0.4) is 0 Å². The Morgan fingerprint density at radius 1 is 1.53 bits per heavy atom. The zero-order valence-electron chi connectivity index (χ0n) is 9.17. The van der Waals surface area contributed by atoms with E-state index in [9.17, 15) is 4.79 Å². The van der Waals surface area contributed by atoms with E-state index < -0.39 is 5.97 Å². The second-order valence-electron chi connectivity index (χ2n) is 3.95. The van der Waals surface area contributed by atoms with Crippen LogP contribution < -0.4 is 0 Å². The van der Waals surface area contributed by atoms with Gasteiger partial charge in [-0.1, -0.05) is 18.5 Å². The first-order valence-corrected chi connectivity index (χ1v) is 5.52. The largest absolute Gasteiger partial charge is 0.481 e. The van der Waals surface area contributed by atoms with Gasteiger partial charge in [0.1, 0.15) is 5.15 Å². The van der Waals surface area contributed by atoms with Crippen LogP contribution in [0, 0.1) is 5.92 Å². The Hall–Kier alpha value is -1.69. The summed E-state index contributed by atoms with van der Waals surface area (Å²) in [6, 6.07) is 3.35. The third-order valence-corrected chi connectivity index (χ3v) is 2.55. The Bertz CT molecular complexity index is 554. The molecule has 0 aliphatic rings. The first-order chi connectivity index (χ1) is 8.06. The van der Waals surface area contributed by atoms with E-state index >= 15 is 0 Å². The summed E-state index contributed by atoms with van der Waals surface area (Å²) in [6.07, 6.45) is 0.594. The third kappa shape index (κ3) is 2.71. The second kappa shape index (κ2) is 4.67. The number of halogens is 1. The number of carboxylic acids is 1. The van der Waals surface area contributed by atoms with Crippen LogP contribution in [0.4, 0.5) is 0 Å². The van der Waals surface area contributed by atoms with Crippen molar-refractivity contribution in [1.29, 1.82) is 0 Å². The fourth-order valence-corrected chi connectivity index (χ4v) is 1.76. The van der Waals surface area contributed by atoms with Gasteiger partial charge in [0.05, 0.1) is 0 Å². The van der Waals surface area contributed by atoms with Crippen molar-refractivity contribution in [2.24, 2.45) is 5.92 Å². The molecule has 0 aromatic carbocycles. The van der Waals surface area contributed by atoms with Crippen LogP contribution in [0.25, 0.3) is 5.65 Å². The van der Waals surface area contributed by atoms with Crippen LogP contribution in [0.2, 0.25) is 5.15 Å². The summed E-state index contributed by atoms with van der Waals surface area (Å²) in [5.41, 5.74) is 0.604. The molecule has 90 valence electrons. The maximum atomic E-state index is 10.6. The van der Waals surface area contributed by atoms with Crippen molar-refractivity contribution >= 4 is 23.2 Å². The minimum Gasteiger partial charge on any atom is -0.481 e. The van der Waals surface area contributed by atoms with E-state index in [4.69, 9.17) is 16.7 Å². The highest BCUT2D eigenvalue weighted by Crippen LogP contribution is 2.12. The fourth-order valence-electron chi connectivity index (χ4n) is 1.62. The molecular formula is C10H11ClN4O2. The summed E-state index contributed by atoms with van der Waals surface area (Å²) < 4.78 is 1.54. The van der Waals surface area contributed by atoms with E-state index in [1.807, 2.05) is 6.92 Å². The molecule has 0 saturated carbocycles. The van der Waals surface area contributed by atoms with Gasteiger partial charge in [0.15, 0.2) is 11.5 Å². The number of nitrogens with zero attached hydrogens (tertiary/aromatic N) is 4. The molecule has 2 aromatic rings. The third-order valence-electron chi connectivity index (χ3n) is 2.35. The maximum absolute atomic E-state index is 10.6. The lowest BCUT2D eigenvalue weighted by molar-refractivity contribution is -0.137. The summed E-state index contributed by atoms with van der Waals surface area (Å²) in [6.45, 7) is 1.85. The Balaban J connectivity index is 2.24. The molecule has 0 bridgehead atoms. The molecule has 1 unspecified atom stereocenters. The van der Waals surface area contributed by atoms with Gasteiger partial charge >= 0.3 is 5.97 Å². The van der Waals surface area contributed by atoms with Crippen LogP contribution in [0.1, 0.15) is 19.2 Å². The molecule has 0 aliphatic heterocycles. The first-order valence-electron chi connectivity index (χ1n) is 5.15. The van der Waals surface area contributed by atoms with E-state index in [0.29, 0.717) is 23.0 Å². The molecule has 0 saturated heterocycles. The molecule has 0 aliphatic carbocycles. The summed E-state index contributed by atoms with van der Waals surface area (Å²) in [5.74, 6) is -0.228. The quantitative estimate of drug-likeness (QED) is 0.893. The topological polar surface area (TPSA) is 80.4 Å². The molecule has 2 rings (SSSR count). The molecule has 1 atom stereocenters. The van der Waals surface area contributed by atoms with Gasteiger partial charge in [0.25, 0.3) is 0 Å². The number of rotatable bonds is 4. The average molecular weight is 255 g/mol. The SMILES string of the molecule is CC(CC(=O)O)Cc1nnc2ccc(Cl)nn12.